The maximum Gasteiger partial charge on any atom is 0.322 e. The molecule has 0 radical (unpaired) electrons. The van der Waals surface area contributed by atoms with Crippen molar-refractivity contribution in [3.05, 3.63) is 36.4 Å². The van der Waals surface area contributed by atoms with Gasteiger partial charge in [0.1, 0.15) is 6.04 Å². The number of sulfonamides is 1. The van der Waals surface area contributed by atoms with Crippen LogP contribution in [-0.2, 0) is 14.8 Å². The number of anilines is 1. The van der Waals surface area contributed by atoms with Gasteiger partial charge in [0.05, 0.1) is 4.90 Å². The van der Waals surface area contributed by atoms with Gasteiger partial charge < -0.3 is 10.8 Å². The molecule has 1 unspecified atom stereocenters. The van der Waals surface area contributed by atoms with E-state index in [2.05, 4.69) is 17.4 Å². The lowest BCUT2D eigenvalue weighted by Gasteiger charge is -2.14. The quantitative estimate of drug-likeness (QED) is 0.485. The van der Waals surface area contributed by atoms with Crippen molar-refractivity contribution in [2.24, 2.45) is 0 Å². The molecule has 0 spiro atoms. The Balaban J connectivity index is 2.56. The van der Waals surface area contributed by atoms with E-state index >= 15 is 0 Å². The highest BCUT2D eigenvalue weighted by Crippen LogP contribution is 2.27. The molecule has 0 saturated heterocycles. The van der Waals surface area contributed by atoms with Gasteiger partial charge in [0.25, 0.3) is 0 Å². The molecule has 2 rings (SSSR count). The number of hydrogen-bond donors (Lipinski definition) is 4. The number of carboxylic acid groups (broad SMARTS) is 1. The lowest BCUT2D eigenvalue weighted by molar-refractivity contribution is -0.138. The van der Waals surface area contributed by atoms with Crippen LogP contribution in [0.5, 0.6) is 0 Å². The average Bonchev–Trinajstić information content (AvgIpc) is 2.45. The second-order valence-corrected chi connectivity index (χ2v) is 6.44. The predicted octanol–water partition coefficient (Wildman–Crippen LogP) is 1.08. The molecule has 0 aliphatic heterocycles. The first-order valence-corrected chi connectivity index (χ1v) is 8.11. The van der Waals surface area contributed by atoms with Gasteiger partial charge >= 0.3 is 5.97 Å². The molecule has 2 aromatic carbocycles. The number of nitrogens with one attached hydrogen (secondary N) is 1. The van der Waals surface area contributed by atoms with E-state index in [1.54, 1.807) is 24.3 Å². The van der Waals surface area contributed by atoms with Crippen LogP contribution in [0.15, 0.2) is 41.3 Å². The zero-order valence-electron chi connectivity index (χ0n) is 10.9. The van der Waals surface area contributed by atoms with Gasteiger partial charge in [-0.25, -0.2) is 8.42 Å². The largest absolute Gasteiger partial charge is 0.480 e. The van der Waals surface area contributed by atoms with E-state index in [1.165, 1.54) is 12.1 Å². The van der Waals surface area contributed by atoms with Crippen LogP contribution in [0.4, 0.5) is 5.69 Å². The van der Waals surface area contributed by atoms with Gasteiger partial charge in [-0.15, -0.1) is 0 Å². The highest BCUT2D eigenvalue weighted by molar-refractivity contribution is 7.89. The summed E-state index contributed by atoms with van der Waals surface area (Å²) in [6, 6.07) is 8.30. The summed E-state index contributed by atoms with van der Waals surface area (Å²) in [6.45, 7) is 0. The van der Waals surface area contributed by atoms with Crippen LogP contribution >= 0.6 is 12.6 Å². The topological polar surface area (TPSA) is 109 Å². The minimum Gasteiger partial charge on any atom is -0.480 e. The third kappa shape index (κ3) is 3.12. The Morgan fingerprint density at radius 3 is 2.43 bits per heavy atom. The van der Waals surface area contributed by atoms with Crippen molar-refractivity contribution in [3.8, 4) is 0 Å². The lowest BCUT2D eigenvalue weighted by atomic mass is 10.1. The van der Waals surface area contributed by atoms with Crippen LogP contribution in [0.2, 0.25) is 0 Å². The van der Waals surface area contributed by atoms with Crippen LogP contribution in [0, 0.1) is 0 Å². The van der Waals surface area contributed by atoms with E-state index in [0.717, 1.165) is 0 Å². The molecule has 112 valence electrons. The van der Waals surface area contributed by atoms with Crippen LogP contribution in [0.1, 0.15) is 0 Å². The number of hydrogen-bond acceptors (Lipinski definition) is 5. The van der Waals surface area contributed by atoms with Crippen molar-refractivity contribution in [2.75, 3.05) is 11.5 Å². The first kappa shape index (κ1) is 15.6. The van der Waals surface area contributed by atoms with Gasteiger partial charge in [0.15, 0.2) is 0 Å². The summed E-state index contributed by atoms with van der Waals surface area (Å²) in [7, 11) is -4.00. The van der Waals surface area contributed by atoms with E-state index < -0.39 is 22.0 Å². The maximum absolute atomic E-state index is 12.4. The Hall–Kier alpha value is -1.77. The molecule has 4 N–H and O–H groups in total. The minimum absolute atomic E-state index is 0.0136. The number of fused-ring (bicyclic) bond motifs is 1. The molecular weight excluding hydrogens is 312 g/mol. The van der Waals surface area contributed by atoms with Crippen molar-refractivity contribution in [2.45, 2.75) is 10.9 Å². The fourth-order valence-electron chi connectivity index (χ4n) is 1.95. The van der Waals surface area contributed by atoms with Crippen LogP contribution in [0.3, 0.4) is 0 Å². The Kier molecular flexibility index (Phi) is 4.40. The van der Waals surface area contributed by atoms with Crippen molar-refractivity contribution in [3.63, 3.8) is 0 Å². The van der Waals surface area contributed by atoms with Crippen molar-refractivity contribution < 1.29 is 18.3 Å². The average molecular weight is 326 g/mol. The smallest absolute Gasteiger partial charge is 0.322 e. The zero-order valence-corrected chi connectivity index (χ0v) is 12.6. The summed E-state index contributed by atoms with van der Waals surface area (Å²) >= 11 is 3.84. The third-order valence-corrected chi connectivity index (χ3v) is 4.88. The number of carboxylic acids is 1. The van der Waals surface area contributed by atoms with Crippen molar-refractivity contribution in [1.82, 2.24) is 4.72 Å². The molecule has 21 heavy (non-hydrogen) atoms. The molecule has 0 aliphatic carbocycles. The second kappa shape index (κ2) is 5.92. The summed E-state index contributed by atoms with van der Waals surface area (Å²) in [5.41, 5.74) is 6.27. The number of nitrogen functional groups attached to an aromatic ring is 1. The fraction of sp³-hybridized carbons (Fsp3) is 0.154. The summed E-state index contributed by atoms with van der Waals surface area (Å²) in [5.74, 6) is -1.44. The van der Waals surface area contributed by atoms with Crippen molar-refractivity contribution in [1.29, 1.82) is 0 Å². The first-order chi connectivity index (χ1) is 9.86. The number of nitrogens with two attached hydrogens (primary N) is 1. The highest BCUT2D eigenvalue weighted by atomic mass is 32.2. The van der Waals surface area contributed by atoms with Gasteiger partial charge in [-0.1, -0.05) is 24.3 Å². The summed E-state index contributed by atoms with van der Waals surface area (Å²) in [4.78, 5) is 10.9. The van der Waals surface area contributed by atoms with Gasteiger partial charge in [-0.2, -0.15) is 17.4 Å². The predicted molar refractivity (Wildman–Crippen MR) is 84.0 cm³/mol. The van der Waals surface area contributed by atoms with Gasteiger partial charge in [-0.05, 0) is 12.1 Å². The van der Waals surface area contributed by atoms with Crippen LogP contribution in [0.25, 0.3) is 10.8 Å². The zero-order chi connectivity index (χ0) is 15.6. The number of benzene rings is 2. The van der Waals surface area contributed by atoms with Crippen LogP contribution < -0.4 is 10.5 Å². The number of aliphatic carboxylic acids is 1. The molecule has 1 atom stereocenters. The molecule has 8 heteroatoms. The highest BCUT2D eigenvalue weighted by Gasteiger charge is 2.25. The Bertz CT molecular complexity index is 790. The summed E-state index contributed by atoms with van der Waals surface area (Å²) in [6.07, 6.45) is 0. The lowest BCUT2D eigenvalue weighted by Crippen LogP contribution is -2.42. The van der Waals surface area contributed by atoms with E-state index in [9.17, 15) is 13.2 Å². The van der Waals surface area contributed by atoms with Crippen molar-refractivity contribution >= 4 is 45.1 Å². The molecule has 2 aromatic rings. The summed E-state index contributed by atoms with van der Waals surface area (Å²) < 4.78 is 26.9. The standard InChI is InChI=1S/C13H14N2O4S2/c14-10-5-6-12(9-4-2-1-3-8(9)10)21(18,19)15-11(7-20)13(16)17/h1-6,11,15,20H,7,14H2,(H,16,17). The molecule has 0 aromatic heterocycles. The molecule has 6 nitrogen and oxygen atoms in total. The fourth-order valence-corrected chi connectivity index (χ4v) is 3.72. The third-order valence-electron chi connectivity index (χ3n) is 2.99. The van der Waals surface area contributed by atoms with E-state index in [1.807, 2.05) is 0 Å². The minimum atomic E-state index is -4.00. The SMILES string of the molecule is Nc1ccc(S(=O)(=O)NC(CS)C(=O)O)c2ccccc12. The van der Waals surface area contributed by atoms with E-state index in [4.69, 9.17) is 10.8 Å². The summed E-state index contributed by atoms with van der Waals surface area (Å²) in [5, 5.41) is 9.98. The Morgan fingerprint density at radius 2 is 1.86 bits per heavy atom. The molecule has 0 bridgehead atoms. The van der Waals surface area contributed by atoms with Gasteiger partial charge in [-0.3, -0.25) is 4.79 Å². The van der Waals surface area contributed by atoms with Gasteiger partial charge in [0, 0.05) is 22.2 Å². The maximum atomic E-state index is 12.4. The second-order valence-electron chi connectivity index (χ2n) is 4.39. The molecule has 0 fully saturated rings. The Morgan fingerprint density at radius 1 is 1.24 bits per heavy atom. The normalized spacial score (nSPS) is 13.2. The van der Waals surface area contributed by atoms with E-state index in [-0.39, 0.29) is 10.6 Å². The van der Waals surface area contributed by atoms with Gasteiger partial charge in [0.2, 0.25) is 10.0 Å². The number of thiol groups is 1. The van der Waals surface area contributed by atoms with E-state index in [0.29, 0.717) is 16.5 Å². The monoisotopic (exact) mass is 326 g/mol. The molecule has 0 saturated carbocycles. The molecule has 0 aliphatic rings. The van der Waals surface area contributed by atoms with Crippen LogP contribution in [-0.4, -0.2) is 31.3 Å². The number of carbonyl (C=O) groups is 1. The Labute approximate surface area is 127 Å². The first-order valence-electron chi connectivity index (χ1n) is 6.00. The molecular formula is C13H14N2O4S2. The number of rotatable bonds is 5. The molecule has 0 heterocycles. The molecule has 0 amide bonds.